The lowest BCUT2D eigenvalue weighted by molar-refractivity contribution is -0.138. The van der Waals surface area contributed by atoms with Crippen molar-refractivity contribution in [2.45, 2.75) is 44.8 Å². The molecule has 3 unspecified atom stereocenters. The lowest BCUT2D eigenvalue weighted by Crippen LogP contribution is -2.58. The maximum absolute atomic E-state index is 13.0. The summed E-state index contributed by atoms with van der Waals surface area (Å²) in [7, 11) is 0. The molecule has 1 aromatic carbocycles. The summed E-state index contributed by atoms with van der Waals surface area (Å²) in [6.07, 6.45) is 3.12. The van der Waals surface area contributed by atoms with Crippen LogP contribution in [0.5, 0.6) is 5.75 Å². The van der Waals surface area contributed by atoms with E-state index in [0.717, 1.165) is 5.56 Å². The molecular formula is C22H30N6O6. The highest BCUT2D eigenvalue weighted by Crippen LogP contribution is 2.11. The van der Waals surface area contributed by atoms with Crippen molar-refractivity contribution in [3.63, 3.8) is 0 Å². The van der Waals surface area contributed by atoms with Gasteiger partial charge in [0.1, 0.15) is 24.4 Å². The maximum atomic E-state index is 13.0. The molecule has 8 N–H and O–H groups in total. The average molecular weight is 475 g/mol. The molecule has 3 amide bonds. The zero-order valence-corrected chi connectivity index (χ0v) is 18.9. The van der Waals surface area contributed by atoms with Crippen LogP contribution in [0.2, 0.25) is 0 Å². The normalized spacial score (nSPS) is 13.5. The molecule has 12 nitrogen and oxygen atoms in total. The number of aromatic amines is 1. The fourth-order valence-corrected chi connectivity index (χ4v) is 3.15. The van der Waals surface area contributed by atoms with Gasteiger partial charge >= 0.3 is 5.97 Å². The second kappa shape index (κ2) is 12.3. The summed E-state index contributed by atoms with van der Waals surface area (Å²) in [5, 5.41) is 25.7. The number of carbonyl (C=O) groups excluding carboxylic acids is 3. The van der Waals surface area contributed by atoms with E-state index in [1.807, 2.05) is 0 Å². The highest BCUT2D eigenvalue weighted by Gasteiger charge is 2.30. The third-order valence-electron chi connectivity index (χ3n) is 5.00. The summed E-state index contributed by atoms with van der Waals surface area (Å²) in [5.41, 5.74) is 7.30. The Morgan fingerprint density at radius 1 is 1.03 bits per heavy atom. The Bertz CT molecular complexity index is 976. The van der Waals surface area contributed by atoms with E-state index in [1.165, 1.54) is 24.7 Å². The number of rotatable bonds is 12. The number of aromatic nitrogens is 2. The van der Waals surface area contributed by atoms with Crippen molar-refractivity contribution in [1.82, 2.24) is 25.9 Å². The van der Waals surface area contributed by atoms with Crippen LogP contribution in [0.15, 0.2) is 36.8 Å². The summed E-state index contributed by atoms with van der Waals surface area (Å²) < 4.78 is 0. The topological polar surface area (TPSA) is 200 Å². The van der Waals surface area contributed by atoms with Gasteiger partial charge in [0.2, 0.25) is 17.7 Å². The molecule has 1 aromatic heterocycles. The van der Waals surface area contributed by atoms with Crippen LogP contribution in [-0.4, -0.2) is 68.5 Å². The maximum Gasteiger partial charge on any atom is 0.322 e. The number of aromatic hydroxyl groups is 1. The van der Waals surface area contributed by atoms with Crippen LogP contribution < -0.4 is 21.7 Å². The molecule has 12 heteroatoms. The Morgan fingerprint density at radius 3 is 2.26 bits per heavy atom. The predicted molar refractivity (Wildman–Crippen MR) is 121 cm³/mol. The number of H-pyrrole nitrogens is 1. The first-order chi connectivity index (χ1) is 16.1. The van der Waals surface area contributed by atoms with Gasteiger partial charge in [-0.1, -0.05) is 26.0 Å². The van der Waals surface area contributed by atoms with Gasteiger partial charge in [-0.15, -0.1) is 0 Å². The number of carbonyl (C=O) groups is 4. The zero-order chi connectivity index (χ0) is 25.3. The first-order valence-corrected chi connectivity index (χ1v) is 10.7. The van der Waals surface area contributed by atoms with E-state index >= 15 is 0 Å². The third-order valence-corrected chi connectivity index (χ3v) is 5.00. The molecule has 2 rings (SSSR count). The van der Waals surface area contributed by atoms with Crippen molar-refractivity contribution in [3.8, 4) is 5.75 Å². The highest BCUT2D eigenvalue weighted by atomic mass is 16.4. The van der Waals surface area contributed by atoms with Gasteiger partial charge < -0.3 is 36.9 Å². The van der Waals surface area contributed by atoms with E-state index in [4.69, 9.17) is 10.8 Å². The fourth-order valence-electron chi connectivity index (χ4n) is 3.15. The number of carboxylic acid groups (broad SMARTS) is 1. The lowest BCUT2D eigenvalue weighted by Gasteiger charge is -2.26. The minimum Gasteiger partial charge on any atom is -0.508 e. The first-order valence-electron chi connectivity index (χ1n) is 10.7. The number of nitrogens with zero attached hydrogens (tertiary/aromatic N) is 1. The van der Waals surface area contributed by atoms with Crippen LogP contribution in [0.4, 0.5) is 0 Å². The summed E-state index contributed by atoms with van der Waals surface area (Å²) in [6, 6.07) is 3.22. The fraction of sp³-hybridized carbons (Fsp3) is 0.409. The molecule has 0 fully saturated rings. The van der Waals surface area contributed by atoms with Crippen molar-refractivity contribution in [3.05, 3.63) is 48.0 Å². The summed E-state index contributed by atoms with van der Waals surface area (Å²) in [4.78, 5) is 55.7. The molecule has 2 aromatic rings. The molecule has 0 aliphatic heterocycles. The molecule has 1 heterocycles. The number of nitrogens with one attached hydrogen (secondary N) is 4. The smallest absolute Gasteiger partial charge is 0.322 e. The SMILES string of the molecule is CC(C)C(NC(=O)C(N)Cc1ccc(O)cc1)C(=O)NC(Cc1cnc[nH]1)C(=O)NCC(=O)O. The Morgan fingerprint density at radius 2 is 1.71 bits per heavy atom. The molecule has 0 aliphatic carbocycles. The number of benzene rings is 1. The molecule has 0 bridgehead atoms. The predicted octanol–water partition coefficient (Wildman–Crippen LogP) is -0.946. The minimum atomic E-state index is -1.23. The first kappa shape index (κ1) is 26.3. The second-order valence-electron chi connectivity index (χ2n) is 8.16. The summed E-state index contributed by atoms with van der Waals surface area (Å²) >= 11 is 0. The van der Waals surface area contributed by atoms with E-state index in [0.29, 0.717) is 5.69 Å². The monoisotopic (exact) mass is 474 g/mol. The molecule has 184 valence electrons. The van der Waals surface area contributed by atoms with Gasteiger partial charge in [-0.25, -0.2) is 4.98 Å². The van der Waals surface area contributed by atoms with Gasteiger partial charge in [0.05, 0.1) is 12.4 Å². The number of nitrogens with two attached hydrogens (primary N) is 1. The van der Waals surface area contributed by atoms with Crippen molar-refractivity contribution in [2.24, 2.45) is 11.7 Å². The Kier molecular flexibility index (Phi) is 9.56. The van der Waals surface area contributed by atoms with Crippen LogP contribution in [0.25, 0.3) is 0 Å². The number of imidazole rings is 1. The molecule has 3 atom stereocenters. The van der Waals surface area contributed by atoms with Crippen molar-refractivity contribution < 1.29 is 29.4 Å². The van der Waals surface area contributed by atoms with Crippen LogP contribution in [-0.2, 0) is 32.0 Å². The standard InChI is InChI=1S/C22H30N6O6/c1-12(2)19(28-20(32)16(23)7-13-3-5-15(29)6-4-13)22(34)27-17(8-14-9-24-11-26-14)21(33)25-10-18(30)31/h3-6,9,11-12,16-17,19,29H,7-8,10,23H2,1-2H3,(H,24,26)(H,25,33)(H,27,34)(H,28,32)(H,30,31). The number of hydrogen-bond acceptors (Lipinski definition) is 7. The molecule has 34 heavy (non-hydrogen) atoms. The number of phenolic OH excluding ortho intramolecular Hbond substituents is 1. The van der Waals surface area contributed by atoms with Crippen molar-refractivity contribution in [2.75, 3.05) is 6.54 Å². The van der Waals surface area contributed by atoms with Crippen LogP contribution >= 0.6 is 0 Å². The number of phenols is 1. The van der Waals surface area contributed by atoms with Gasteiger partial charge in [-0.05, 0) is 30.0 Å². The zero-order valence-electron chi connectivity index (χ0n) is 18.9. The molecule has 0 spiro atoms. The van der Waals surface area contributed by atoms with Crippen molar-refractivity contribution >= 4 is 23.7 Å². The van der Waals surface area contributed by atoms with Crippen molar-refractivity contribution in [1.29, 1.82) is 0 Å². The van der Waals surface area contributed by atoms with Crippen LogP contribution in [0, 0.1) is 5.92 Å². The van der Waals surface area contributed by atoms with Gasteiger partial charge in [0.25, 0.3) is 0 Å². The number of hydrogen-bond donors (Lipinski definition) is 7. The number of amides is 3. The van der Waals surface area contributed by atoms with Gasteiger partial charge in [-0.2, -0.15) is 0 Å². The molecule has 0 saturated carbocycles. The molecule has 0 saturated heterocycles. The summed E-state index contributed by atoms with van der Waals surface area (Å²) in [6.45, 7) is 2.85. The van der Waals surface area contributed by atoms with E-state index < -0.39 is 48.4 Å². The molecule has 0 aliphatic rings. The van der Waals surface area contributed by atoms with Crippen LogP contribution in [0.1, 0.15) is 25.1 Å². The van der Waals surface area contributed by atoms with E-state index in [9.17, 15) is 24.3 Å². The Labute approximate surface area is 196 Å². The molecule has 0 radical (unpaired) electrons. The molecular weight excluding hydrogens is 444 g/mol. The van der Waals surface area contributed by atoms with E-state index in [2.05, 4.69) is 25.9 Å². The van der Waals surface area contributed by atoms with Gasteiger partial charge in [-0.3, -0.25) is 19.2 Å². The Hall–Kier alpha value is -3.93. The van der Waals surface area contributed by atoms with E-state index in [1.54, 1.807) is 26.0 Å². The number of carboxylic acids is 1. The van der Waals surface area contributed by atoms with Gasteiger partial charge in [0, 0.05) is 18.3 Å². The second-order valence-corrected chi connectivity index (χ2v) is 8.16. The quantitative estimate of drug-likeness (QED) is 0.204. The minimum absolute atomic E-state index is 0.0380. The van der Waals surface area contributed by atoms with Crippen LogP contribution in [0.3, 0.4) is 0 Å². The highest BCUT2D eigenvalue weighted by molar-refractivity contribution is 5.94. The largest absolute Gasteiger partial charge is 0.508 e. The van der Waals surface area contributed by atoms with Gasteiger partial charge in [0.15, 0.2) is 0 Å². The average Bonchev–Trinajstić information content (AvgIpc) is 3.29. The summed E-state index contributed by atoms with van der Waals surface area (Å²) in [5.74, 6) is -3.33. The lowest BCUT2D eigenvalue weighted by atomic mass is 10.0. The number of aliphatic carboxylic acids is 1. The third kappa shape index (κ3) is 8.20. The van der Waals surface area contributed by atoms with E-state index in [-0.39, 0.29) is 24.5 Å². The Balaban J connectivity index is 2.06.